The van der Waals surface area contributed by atoms with Gasteiger partial charge in [-0.2, -0.15) is 0 Å². The first-order chi connectivity index (χ1) is 9.29. The van der Waals surface area contributed by atoms with E-state index in [0.717, 1.165) is 0 Å². The van der Waals surface area contributed by atoms with Gasteiger partial charge in [-0.1, -0.05) is 48.5 Å². The number of hydrogen-bond donors (Lipinski definition) is 1. The third-order valence-corrected chi connectivity index (χ3v) is 3.53. The van der Waals surface area contributed by atoms with Gasteiger partial charge in [-0.3, -0.25) is 5.41 Å². The maximum Gasteiger partial charge on any atom is 0.284 e. The molecule has 0 aliphatic carbocycles. The molecule has 3 heteroatoms. The molecule has 0 saturated heterocycles. The van der Waals surface area contributed by atoms with Gasteiger partial charge in [-0.15, -0.1) is 0 Å². The highest BCUT2D eigenvalue weighted by atomic mass is 16.5. The van der Waals surface area contributed by atoms with E-state index >= 15 is 0 Å². The molecule has 2 aromatic rings. The van der Waals surface area contributed by atoms with Crippen LogP contribution >= 0.6 is 0 Å². The highest BCUT2D eigenvalue weighted by Crippen LogP contribution is 2.32. The van der Waals surface area contributed by atoms with Crippen LogP contribution in [-0.2, 0) is 17.8 Å². The lowest BCUT2D eigenvalue weighted by Gasteiger charge is -2.22. The van der Waals surface area contributed by atoms with Crippen molar-refractivity contribution >= 4 is 6.02 Å². The van der Waals surface area contributed by atoms with E-state index in [1.165, 1.54) is 22.3 Å². The predicted molar refractivity (Wildman–Crippen MR) is 75.9 cm³/mol. The lowest BCUT2D eigenvalue weighted by atomic mass is 9.97. The van der Waals surface area contributed by atoms with Crippen LogP contribution in [0.5, 0.6) is 0 Å². The maximum atomic E-state index is 7.92. The zero-order valence-electron chi connectivity index (χ0n) is 10.9. The summed E-state index contributed by atoms with van der Waals surface area (Å²) in [7, 11) is 1.55. The van der Waals surface area contributed by atoms with Gasteiger partial charge in [0.05, 0.1) is 7.11 Å². The van der Waals surface area contributed by atoms with Crippen molar-refractivity contribution in [2.75, 3.05) is 7.11 Å². The van der Waals surface area contributed by atoms with Crippen LogP contribution in [0.2, 0.25) is 0 Å². The Morgan fingerprint density at radius 2 is 1.42 bits per heavy atom. The van der Waals surface area contributed by atoms with Gasteiger partial charge in [0, 0.05) is 13.1 Å². The predicted octanol–water partition coefficient (Wildman–Crippen LogP) is 3.25. The number of amidine groups is 1. The Bertz CT molecular complexity index is 574. The number of benzene rings is 2. The number of fused-ring (bicyclic) bond motifs is 3. The van der Waals surface area contributed by atoms with Crippen molar-refractivity contribution in [2.45, 2.75) is 13.1 Å². The van der Waals surface area contributed by atoms with Crippen molar-refractivity contribution in [3.05, 3.63) is 59.7 Å². The molecule has 0 radical (unpaired) electrons. The molecule has 0 aromatic heterocycles. The number of rotatable bonds is 0. The number of methoxy groups -OCH3 is 1. The molecule has 3 nitrogen and oxygen atoms in total. The average Bonchev–Trinajstić information content (AvgIpc) is 2.63. The van der Waals surface area contributed by atoms with Crippen molar-refractivity contribution < 1.29 is 4.74 Å². The molecule has 96 valence electrons. The molecule has 0 amide bonds. The molecule has 0 spiro atoms. The third kappa shape index (κ3) is 2.08. The molecule has 0 unspecified atom stereocenters. The molecule has 1 N–H and O–H groups in total. The first-order valence-corrected chi connectivity index (χ1v) is 6.33. The normalized spacial score (nSPS) is 13.2. The summed E-state index contributed by atoms with van der Waals surface area (Å²) in [6.45, 7) is 1.41. The molecule has 0 atom stereocenters. The summed E-state index contributed by atoms with van der Waals surface area (Å²) in [5.74, 6) is 0. The van der Waals surface area contributed by atoms with E-state index in [1.807, 2.05) is 17.0 Å². The maximum absolute atomic E-state index is 7.92. The number of hydrogen-bond acceptors (Lipinski definition) is 2. The van der Waals surface area contributed by atoms with Crippen LogP contribution < -0.4 is 0 Å². The SMILES string of the molecule is COC(=N)N1Cc2ccccc2-c2ccccc2C1. The number of nitrogens with zero attached hydrogens (tertiary/aromatic N) is 1. The topological polar surface area (TPSA) is 36.3 Å². The van der Waals surface area contributed by atoms with Crippen LogP contribution in [0.4, 0.5) is 0 Å². The molecular formula is C16H16N2O. The highest BCUT2D eigenvalue weighted by Gasteiger charge is 2.20. The molecule has 1 heterocycles. The van der Waals surface area contributed by atoms with E-state index < -0.39 is 0 Å². The minimum Gasteiger partial charge on any atom is -0.469 e. The zero-order valence-corrected chi connectivity index (χ0v) is 10.9. The standard InChI is InChI=1S/C16H16N2O/c1-19-16(17)18-10-12-6-2-4-8-14(12)15-9-5-3-7-13(15)11-18/h2-9,17H,10-11H2,1H3. The van der Waals surface area contributed by atoms with Crippen LogP contribution in [0.25, 0.3) is 11.1 Å². The van der Waals surface area contributed by atoms with Crippen LogP contribution in [0, 0.1) is 5.41 Å². The van der Waals surface area contributed by atoms with Crippen LogP contribution in [0.3, 0.4) is 0 Å². The van der Waals surface area contributed by atoms with Crippen molar-refractivity contribution in [1.29, 1.82) is 5.41 Å². The Labute approximate surface area is 113 Å². The summed E-state index contributed by atoms with van der Waals surface area (Å²) in [5, 5.41) is 7.92. The molecule has 0 bridgehead atoms. The van der Waals surface area contributed by atoms with Crippen LogP contribution in [0.1, 0.15) is 11.1 Å². The average molecular weight is 252 g/mol. The van der Waals surface area contributed by atoms with E-state index in [4.69, 9.17) is 10.1 Å². The van der Waals surface area contributed by atoms with Gasteiger partial charge in [0.25, 0.3) is 6.02 Å². The van der Waals surface area contributed by atoms with Gasteiger partial charge in [0.2, 0.25) is 0 Å². The van der Waals surface area contributed by atoms with Crippen molar-refractivity contribution in [3.8, 4) is 11.1 Å². The summed E-state index contributed by atoms with van der Waals surface area (Å²) in [6, 6.07) is 17.0. The molecular weight excluding hydrogens is 236 g/mol. The van der Waals surface area contributed by atoms with Gasteiger partial charge >= 0.3 is 0 Å². The van der Waals surface area contributed by atoms with Crippen LogP contribution in [-0.4, -0.2) is 18.0 Å². The Morgan fingerprint density at radius 1 is 0.947 bits per heavy atom. The Morgan fingerprint density at radius 3 is 1.89 bits per heavy atom. The number of nitrogens with one attached hydrogen (secondary N) is 1. The fourth-order valence-corrected chi connectivity index (χ4v) is 2.58. The fraction of sp³-hybridized carbons (Fsp3) is 0.188. The minimum atomic E-state index is 0.214. The van der Waals surface area contributed by atoms with Crippen molar-refractivity contribution in [3.63, 3.8) is 0 Å². The first kappa shape index (κ1) is 11.8. The van der Waals surface area contributed by atoms with E-state index in [1.54, 1.807) is 7.11 Å². The van der Waals surface area contributed by atoms with Crippen molar-refractivity contribution in [2.24, 2.45) is 0 Å². The summed E-state index contributed by atoms with van der Waals surface area (Å²) in [5.41, 5.74) is 4.97. The number of ether oxygens (including phenoxy) is 1. The van der Waals surface area contributed by atoms with Gasteiger partial charge < -0.3 is 9.64 Å². The first-order valence-electron chi connectivity index (χ1n) is 6.33. The Hall–Kier alpha value is -2.29. The molecule has 3 rings (SSSR count). The lowest BCUT2D eigenvalue weighted by molar-refractivity contribution is 0.269. The molecule has 19 heavy (non-hydrogen) atoms. The third-order valence-electron chi connectivity index (χ3n) is 3.53. The monoisotopic (exact) mass is 252 g/mol. The largest absolute Gasteiger partial charge is 0.469 e. The van der Waals surface area contributed by atoms with E-state index in [2.05, 4.69) is 36.4 Å². The quantitative estimate of drug-likeness (QED) is 0.577. The molecule has 1 aliphatic rings. The van der Waals surface area contributed by atoms with E-state index in [9.17, 15) is 0 Å². The molecule has 2 aromatic carbocycles. The van der Waals surface area contributed by atoms with Gasteiger partial charge in [0.1, 0.15) is 0 Å². The summed E-state index contributed by atoms with van der Waals surface area (Å²) >= 11 is 0. The van der Waals surface area contributed by atoms with Gasteiger partial charge in [-0.25, -0.2) is 0 Å². The molecule has 1 aliphatic heterocycles. The van der Waals surface area contributed by atoms with Crippen molar-refractivity contribution in [1.82, 2.24) is 4.90 Å². The lowest BCUT2D eigenvalue weighted by Crippen LogP contribution is -2.29. The second-order valence-electron chi connectivity index (χ2n) is 4.68. The summed E-state index contributed by atoms with van der Waals surface area (Å²) < 4.78 is 5.08. The van der Waals surface area contributed by atoms with E-state index in [0.29, 0.717) is 13.1 Å². The fourth-order valence-electron chi connectivity index (χ4n) is 2.58. The molecule has 0 saturated carbocycles. The Kier molecular flexibility index (Phi) is 2.95. The summed E-state index contributed by atoms with van der Waals surface area (Å²) in [6.07, 6.45) is 0. The smallest absolute Gasteiger partial charge is 0.284 e. The second kappa shape index (κ2) is 4.76. The van der Waals surface area contributed by atoms with E-state index in [-0.39, 0.29) is 6.02 Å². The highest BCUT2D eigenvalue weighted by molar-refractivity contribution is 5.76. The summed E-state index contributed by atoms with van der Waals surface area (Å²) in [4.78, 5) is 1.95. The molecule has 0 fully saturated rings. The Balaban J connectivity index is 2.15. The second-order valence-corrected chi connectivity index (χ2v) is 4.68. The minimum absolute atomic E-state index is 0.214. The zero-order chi connectivity index (χ0) is 13.2. The van der Waals surface area contributed by atoms with Crippen LogP contribution in [0.15, 0.2) is 48.5 Å². The van der Waals surface area contributed by atoms with Gasteiger partial charge in [0.15, 0.2) is 0 Å². The van der Waals surface area contributed by atoms with Gasteiger partial charge in [-0.05, 0) is 22.3 Å².